The van der Waals surface area contributed by atoms with E-state index in [-0.39, 0.29) is 17.3 Å². The number of nitrogens with one attached hydrogen (secondary N) is 3. The molecule has 9 heteroatoms. The molecule has 0 amide bonds. The lowest BCUT2D eigenvalue weighted by molar-refractivity contribution is 0.579. The summed E-state index contributed by atoms with van der Waals surface area (Å²) in [5.74, 6) is 0.285. The normalized spacial score (nSPS) is 11.4. The number of tetrazole rings is 1. The summed E-state index contributed by atoms with van der Waals surface area (Å²) in [6, 6.07) is 6.76. The van der Waals surface area contributed by atoms with E-state index in [2.05, 4.69) is 30.7 Å². The summed E-state index contributed by atoms with van der Waals surface area (Å²) < 4.78 is 27.0. The Balaban J connectivity index is 2.16. The Morgan fingerprint density at radius 3 is 2.80 bits per heavy atom. The number of para-hydroxylation sites is 1. The summed E-state index contributed by atoms with van der Waals surface area (Å²) in [7, 11) is -3.63. The van der Waals surface area contributed by atoms with Gasteiger partial charge in [-0.05, 0) is 18.6 Å². The third kappa shape index (κ3) is 3.52. The fourth-order valence-electron chi connectivity index (χ4n) is 1.60. The lowest BCUT2D eigenvalue weighted by atomic mass is 10.3. The third-order valence-corrected chi connectivity index (χ3v) is 4.01. The minimum absolute atomic E-state index is 0.0130. The summed E-state index contributed by atoms with van der Waals surface area (Å²) in [6.45, 7) is 2.71. The van der Waals surface area contributed by atoms with Crippen LogP contribution in [0.5, 0.6) is 0 Å². The van der Waals surface area contributed by atoms with Crippen molar-refractivity contribution in [3.05, 3.63) is 30.1 Å². The Morgan fingerprint density at radius 1 is 1.30 bits per heavy atom. The first-order valence-electron chi connectivity index (χ1n) is 6.18. The molecule has 8 nitrogen and oxygen atoms in total. The first kappa shape index (κ1) is 14.4. The molecule has 2 rings (SSSR count). The van der Waals surface area contributed by atoms with Gasteiger partial charge in [0.15, 0.2) is 5.82 Å². The highest BCUT2D eigenvalue weighted by molar-refractivity contribution is 7.89. The van der Waals surface area contributed by atoms with Gasteiger partial charge in [0.05, 0.1) is 12.2 Å². The number of nitrogens with zero attached hydrogens (tertiary/aromatic N) is 3. The fraction of sp³-hybridized carbons (Fsp3) is 0.364. The van der Waals surface area contributed by atoms with E-state index in [1.54, 1.807) is 24.3 Å². The van der Waals surface area contributed by atoms with Crippen LogP contribution in [0.2, 0.25) is 0 Å². The summed E-state index contributed by atoms with van der Waals surface area (Å²) in [5.41, 5.74) is 0.579. The molecule has 0 radical (unpaired) electrons. The second-order valence-electron chi connectivity index (χ2n) is 4.08. The van der Waals surface area contributed by atoms with Crippen LogP contribution < -0.4 is 10.0 Å². The highest BCUT2D eigenvalue weighted by Crippen LogP contribution is 2.20. The Bertz CT molecular complexity index is 641. The van der Waals surface area contributed by atoms with Crippen LogP contribution >= 0.6 is 0 Å². The van der Waals surface area contributed by atoms with Gasteiger partial charge >= 0.3 is 0 Å². The topological polar surface area (TPSA) is 113 Å². The van der Waals surface area contributed by atoms with Crippen LogP contribution in [0.25, 0.3) is 0 Å². The predicted molar refractivity (Wildman–Crippen MR) is 73.4 cm³/mol. The minimum atomic E-state index is -3.63. The van der Waals surface area contributed by atoms with Crippen LogP contribution in [0, 0.1) is 0 Å². The van der Waals surface area contributed by atoms with Crippen molar-refractivity contribution < 1.29 is 8.42 Å². The number of benzene rings is 1. The van der Waals surface area contributed by atoms with E-state index in [0.29, 0.717) is 12.2 Å². The quantitative estimate of drug-likeness (QED) is 0.686. The van der Waals surface area contributed by atoms with Gasteiger partial charge in [-0.15, -0.1) is 10.2 Å². The molecule has 0 bridgehead atoms. The monoisotopic (exact) mass is 296 g/mol. The molecule has 0 aliphatic heterocycles. The van der Waals surface area contributed by atoms with Gasteiger partial charge in [-0.2, -0.15) is 5.21 Å². The Labute approximate surface area is 117 Å². The maximum absolute atomic E-state index is 12.3. The van der Waals surface area contributed by atoms with Crippen molar-refractivity contribution in [2.24, 2.45) is 0 Å². The molecule has 108 valence electrons. The van der Waals surface area contributed by atoms with Crippen LogP contribution in [-0.4, -0.2) is 35.6 Å². The largest absolute Gasteiger partial charge is 0.384 e. The van der Waals surface area contributed by atoms with Crippen molar-refractivity contribution in [2.45, 2.75) is 24.8 Å². The Kier molecular flexibility index (Phi) is 4.64. The molecule has 0 aliphatic carbocycles. The Hall–Kier alpha value is -2.00. The van der Waals surface area contributed by atoms with Gasteiger partial charge in [0, 0.05) is 6.54 Å². The zero-order chi connectivity index (χ0) is 14.4. The van der Waals surface area contributed by atoms with E-state index in [9.17, 15) is 8.42 Å². The van der Waals surface area contributed by atoms with Crippen molar-refractivity contribution in [3.63, 3.8) is 0 Å². The molecular weight excluding hydrogens is 280 g/mol. The van der Waals surface area contributed by atoms with Crippen LogP contribution in [0.15, 0.2) is 29.2 Å². The zero-order valence-electron chi connectivity index (χ0n) is 11.0. The first-order chi connectivity index (χ1) is 9.63. The van der Waals surface area contributed by atoms with Crippen molar-refractivity contribution in [3.8, 4) is 0 Å². The van der Waals surface area contributed by atoms with E-state index in [1.165, 1.54) is 0 Å². The van der Waals surface area contributed by atoms with Crippen molar-refractivity contribution in [2.75, 3.05) is 11.9 Å². The summed E-state index contributed by atoms with van der Waals surface area (Å²) in [4.78, 5) is 0.206. The fourth-order valence-corrected chi connectivity index (χ4v) is 2.76. The number of sulfonamides is 1. The summed E-state index contributed by atoms with van der Waals surface area (Å²) >= 11 is 0. The molecule has 0 atom stereocenters. The SMILES string of the molecule is CCCNc1ccccc1S(=O)(=O)NCc1nn[nH]n1. The van der Waals surface area contributed by atoms with E-state index in [0.717, 1.165) is 6.42 Å². The molecule has 0 unspecified atom stereocenters. The number of rotatable bonds is 7. The van der Waals surface area contributed by atoms with E-state index < -0.39 is 10.0 Å². The van der Waals surface area contributed by atoms with Gasteiger partial charge in [0.1, 0.15) is 4.90 Å². The van der Waals surface area contributed by atoms with Crippen LogP contribution in [0.4, 0.5) is 5.69 Å². The first-order valence-corrected chi connectivity index (χ1v) is 7.66. The number of hydrogen-bond acceptors (Lipinski definition) is 6. The molecule has 1 aromatic heterocycles. The summed E-state index contributed by atoms with van der Waals surface area (Å²) in [5, 5.41) is 16.1. The number of hydrogen-bond donors (Lipinski definition) is 3. The van der Waals surface area contributed by atoms with Gasteiger partial charge < -0.3 is 5.32 Å². The number of aromatic nitrogens is 4. The maximum Gasteiger partial charge on any atom is 0.243 e. The highest BCUT2D eigenvalue weighted by Gasteiger charge is 2.18. The molecule has 3 N–H and O–H groups in total. The molecule has 2 aromatic rings. The molecule has 0 fully saturated rings. The molecule has 0 spiro atoms. The molecule has 1 aromatic carbocycles. The third-order valence-electron chi connectivity index (χ3n) is 2.55. The van der Waals surface area contributed by atoms with Gasteiger partial charge in [0.25, 0.3) is 0 Å². The number of aromatic amines is 1. The average Bonchev–Trinajstić information content (AvgIpc) is 2.97. The molecular formula is C11H16N6O2S. The van der Waals surface area contributed by atoms with E-state index >= 15 is 0 Å². The van der Waals surface area contributed by atoms with Crippen LogP contribution in [0.3, 0.4) is 0 Å². The molecule has 1 heterocycles. The van der Waals surface area contributed by atoms with E-state index in [1.807, 2.05) is 6.92 Å². The zero-order valence-corrected chi connectivity index (χ0v) is 11.8. The van der Waals surface area contributed by atoms with Crippen molar-refractivity contribution in [1.29, 1.82) is 0 Å². The maximum atomic E-state index is 12.3. The molecule has 20 heavy (non-hydrogen) atoms. The van der Waals surface area contributed by atoms with Gasteiger partial charge in [-0.1, -0.05) is 24.3 Å². The van der Waals surface area contributed by atoms with Gasteiger partial charge in [-0.3, -0.25) is 0 Å². The Morgan fingerprint density at radius 2 is 2.10 bits per heavy atom. The number of anilines is 1. The second-order valence-corrected chi connectivity index (χ2v) is 5.81. The lowest BCUT2D eigenvalue weighted by Crippen LogP contribution is -2.25. The van der Waals surface area contributed by atoms with Crippen LogP contribution in [-0.2, 0) is 16.6 Å². The lowest BCUT2D eigenvalue weighted by Gasteiger charge is -2.12. The number of H-pyrrole nitrogens is 1. The smallest absolute Gasteiger partial charge is 0.243 e. The molecule has 0 saturated heterocycles. The highest BCUT2D eigenvalue weighted by atomic mass is 32.2. The van der Waals surface area contributed by atoms with Crippen molar-refractivity contribution in [1.82, 2.24) is 25.3 Å². The summed E-state index contributed by atoms with van der Waals surface area (Å²) in [6.07, 6.45) is 0.907. The second kappa shape index (κ2) is 6.44. The van der Waals surface area contributed by atoms with Crippen molar-refractivity contribution >= 4 is 15.7 Å². The average molecular weight is 296 g/mol. The van der Waals surface area contributed by atoms with Gasteiger partial charge in [-0.25, -0.2) is 13.1 Å². The minimum Gasteiger partial charge on any atom is -0.384 e. The standard InChI is InChI=1S/C11H16N6O2S/c1-2-7-12-9-5-3-4-6-10(9)20(18,19)13-8-11-14-16-17-15-11/h3-6,12-13H,2,7-8H2,1H3,(H,14,15,16,17). The molecule has 0 aliphatic rings. The predicted octanol–water partition coefficient (Wildman–Crippen LogP) is 0.500. The van der Waals surface area contributed by atoms with Gasteiger partial charge in [0.2, 0.25) is 10.0 Å². The van der Waals surface area contributed by atoms with Crippen LogP contribution in [0.1, 0.15) is 19.2 Å². The van der Waals surface area contributed by atoms with E-state index in [4.69, 9.17) is 0 Å². The molecule has 0 saturated carbocycles.